The van der Waals surface area contributed by atoms with Crippen LogP contribution in [0, 0.1) is 13.8 Å². The molecule has 0 radical (unpaired) electrons. The molecule has 5 heteroatoms. The second kappa shape index (κ2) is 28.1. The lowest BCUT2D eigenvalue weighted by Crippen LogP contribution is -2.43. The number of carbonyl (C=O) groups excluding carboxylic acids is 2. The fraction of sp³-hybridized carbons (Fsp3) is 0.200. The molecular weight excluding hydrogens is 1090 g/mol. The van der Waals surface area contributed by atoms with Crippen molar-refractivity contribution >= 4 is 62.8 Å². The molecule has 0 saturated carbocycles. The second-order valence-electron chi connectivity index (χ2n) is 24.3. The molecule has 448 valence electrons. The summed E-state index contributed by atoms with van der Waals surface area (Å²) in [4.78, 5) is 38.5. The number of hydrogen-bond acceptors (Lipinski definition) is 5. The maximum Gasteiger partial charge on any atom is 0.155 e. The molecule has 12 rings (SSSR count). The summed E-state index contributed by atoms with van der Waals surface area (Å²) in [6, 6.07) is 97.1. The molecule has 0 unspecified atom stereocenters. The highest BCUT2D eigenvalue weighted by Crippen LogP contribution is 2.54. The smallest absolute Gasteiger partial charge is 0.155 e. The number of nitrogens with zero attached hydrogens (tertiary/aromatic N) is 3. The first-order chi connectivity index (χ1) is 44.2. The molecular formula is C85H81N3O2. The number of Topliss-reactive ketones (excluding diaryl/α,β-unsaturated/α-hetero) is 2. The van der Waals surface area contributed by atoms with Crippen LogP contribution in [0.4, 0.5) is 51.2 Å². The average molecular weight is 1180 g/mol. The summed E-state index contributed by atoms with van der Waals surface area (Å²) in [5.41, 5.74) is 20.5. The first-order valence-electron chi connectivity index (χ1n) is 32.7. The fourth-order valence-electron chi connectivity index (χ4n) is 13.3. The first kappa shape index (κ1) is 60.4. The molecule has 0 heterocycles. The number of carbonyl (C=O) groups is 2. The summed E-state index contributed by atoms with van der Waals surface area (Å²) in [5.74, 6) is 0.0343. The van der Waals surface area contributed by atoms with Crippen molar-refractivity contribution in [3.05, 3.63) is 295 Å². The van der Waals surface area contributed by atoms with Gasteiger partial charge in [0.2, 0.25) is 0 Å². The second-order valence-corrected chi connectivity index (χ2v) is 24.3. The highest BCUT2D eigenvalue weighted by atomic mass is 16.2. The molecule has 0 saturated heterocycles. The lowest BCUT2D eigenvalue weighted by atomic mass is 9.68. The van der Waals surface area contributed by atoms with Gasteiger partial charge in [-0.15, -0.1) is 0 Å². The molecule has 0 amide bonds. The zero-order chi connectivity index (χ0) is 61.8. The molecule has 0 aliphatic heterocycles. The third-order valence-electron chi connectivity index (χ3n) is 18.1. The molecule has 0 atom stereocenters. The number of aryl methyl sites for hydroxylation is 2. The van der Waals surface area contributed by atoms with E-state index in [4.69, 9.17) is 0 Å². The fourth-order valence-corrected chi connectivity index (χ4v) is 13.3. The summed E-state index contributed by atoms with van der Waals surface area (Å²) in [6.07, 6.45) is 10.8. The summed E-state index contributed by atoms with van der Waals surface area (Å²) >= 11 is 0. The predicted octanol–water partition coefficient (Wildman–Crippen LogP) is 23.8. The number of para-hydroxylation sites is 3. The van der Waals surface area contributed by atoms with Crippen LogP contribution >= 0.6 is 0 Å². The standard InChI is InChI=1S/C85H81N3O2/c1-5-7-9-11-22-30-83(89)85(84(90)31-23-12-10-8-6-2)81-60-68(66-40-54-77(55-41-66)87(71-26-18-14-19-27-71)74-48-34-63(4)35-49-74)44-58-79(81)80-59-45-69(61-82(80)85)67-42-56-78(57-43-67)88(72-28-20-15-21-29-72)76-52-38-65(39-53-76)64-36-50-75(51-37-64)86(70-24-16-13-17-25-70)73-46-32-62(3)33-47-73/h13-21,24-29,32-61H,5-12,22-23,30-31H2,1-4H3. The van der Waals surface area contributed by atoms with Crippen molar-refractivity contribution in [3.8, 4) is 44.5 Å². The number of rotatable bonds is 26. The minimum atomic E-state index is -1.44. The van der Waals surface area contributed by atoms with E-state index in [9.17, 15) is 0 Å². The third kappa shape index (κ3) is 12.9. The van der Waals surface area contributed by atoms with E-state index >= 15 is 9.59 Å². The molecule has 1 aliphatic rings. The van der Waals surface area contributed by atoms with Crippen LogP contribution in [-0.2, 0) is 15.0 Å². The van der Waals surface area contributed by atoms with E-state index in [0.29, 0.717) is 12.8 Å². The SMILES string of the molecule is CCCCCCCC(=O)C1(C(=O)CCCCCCC)c2cc(-c3ccc(N(c4ccccc4)c4ccc(C)cc4)cc3)ccc2-c2ccc(-c3ccc(N(c4ccccc4)c4ccc(-c5ccc(N(c6ccccc6)c6ccc(C)cc6)cc5)cc4)cc3)cc21. The van der Waals surface area contributed by atoms with Gasteiger partial charge < -0.3 is 14.7 Å². The molecule has 0 spiro atoms. The molecule has 11 aromatic carbocycles. The van der Waals surface area contributed by atoms with Gasteiger partial charge in [-0.05, 0) is 204 Å². The van der Waals surface area contributed by atoms with Gasteiger partial charge in [0.25, 0.3) is 0 Å². The van der Waals surface area contributed by atoms with Crippen LogP contribution in [0.25, 0.3) is 44.5 Å². The van der Waals surface area contributed by atoms with Crippen LogP contribution in [0.3, 0.4) is 0 Å². The van der Waals surface area contributed by atoms with Crippen LogP contribution in [-0.4, -0.2) is 11.6 Å². The van der Waals surface area contributed by atoms with Gasteiger partial charge in [0.15, 0.2) is 11.6 Å². The topological polar surface area (TPSA) is 43.9 Å². The Balaban J connectivity index is 0.878. The van der Waals surface area contributed by atoms with E-state index in [2.05, 4.69) is 309 Å². The first-order valence-corrected chi connectivity index (χ1v) is 32.7. The van der Waals surface area contributed by atoms with Crippen molar-refractivity contribution in [2.24, 2.45) is 0 Å². The van der Waals surface area contributed by atoms with Gasteiger partial charge in [0.1, 0.15) is 5.41 Å². The Morgan fingerprint density at radius 3 is 0.811 bits per heavy atom. The molecule has 0 aromatic heterocycles. The number of benzene rings is 11. The molecule has 90 heavy (non-hydrogen) atoms. The number of hydrogen-bond donors (Lipinski definition) is 0. The quantitative estimate of drug-likeness (QED) is 0.0399. The van der Waals surface area contributed by atoms with E-state index in [1.807, 2.05) is 6.07 Å². The Labute approximate surface area is 534 Å². The van der Waals surface area contributed by atoms with Crippen LogP contribution in [0.15, 0.2) is 273 Å². The third-order valence-corrected chi connectivity index (χ3v) is 18.1. The number of fused-ring (bicyclic) bond motifs is 3. The highest BCUT2D eigenvalue weighted by molar-refractivity contribution is 6.20. The van der Waals surface area contributed by atoms with Gasteiger partial charge in [-0.3, -0.25) is 9.59 Å². The van der Waals surface area contributed by atoms with E-state index in [1.165, 1.54) is 11.1 Å². The zero-order valence-electron chi connectivity index (χ0n) is 52.6. The summed E-state index contributed by atoms with van der Waals surface area (Å²) < 4.78 is 0. The maximum absolute atomic E-state index is 15.8. The van der Waals surface area contributed by atoms with Crippen molar-refractivity contribution in [3.63, 3.8) is 0 Å². The van der Waals surface area contributed by atoms with E-state index in [-0.39, 0.29) is 11.6 Å². The number of unbranched alkanes of at least 4 members (excludes halogenated alkanes) is 8. The Morgan fingerprint density at radius 1 is 0.278 bits per heavy atom. The normalized spacial score (nSPS) is 12.0. The van der Waals surface area contributed by atoms with Crippen LogP contribution in [0.2, 0.25) is 0 Å². The van der Waals surface area contributed by atoms with Crippen LogP contribution < -0.4 is 14.7 Å². The number of anilines is 9. The van der Waals surface area contributed by atoms with Gasteiger partial charge in [-0.25, -0.2) is 0 Å². The minimum Gasteiger partial charge on any atom is -0.311 e. The number of ketones is 2. The van der Waals surface area contributed by atoms with E-state index in [1.54, 1.807) is 0 Å². The summed E-state index contributed by atoms with van der Waals surface area (Å²) in [5, 5.41) is 0. The van der Waals surface area contributed by atoms with Gasteiger partial charge in [0.05, 0.1) is 0 Å². The summed E-state index contributed by atoms with van der Waals surface area (Å²) in [7, 11) is 0. The predicted molar refractivity (Wildman–Crippen MR) is 379 cm³/mol. The highest BCUT2D eigenvalue weighted by Gasteiger charge is 2.53. The Morgan fingerprint density at radius 2 is 0.522 bits per heavy atom. The molecule has 0 N–H and O–H groups in total. The van der Waals surface area contributed by atoms with Gasteiger partial charge in [0, 0.05) is 64.0 Å². The van der Waals surface area contributed by atoms with Crippen molar-refractivity contribution in [1.82, 2.24) is 0 Å². The molecule has 5 nitrogen and oxygen atoms in total. The van der Waals surface area contributed by atoms with Gasteiger partial charge in [-0.2, -0.15) is 0 Å². The van der Waals surface area contributed by atoms with Crippen molar-refractivity contribution in [2.45, 2.75) is 110 Å². The van der Waals surface area contributed by atoms with Gasteiger partial charge in [-0.1, -0.05) is 228 Å². The van der Waals surface area contributed by atoms with Crippen molar-refractivity contribution in [1.29, 1.82) is 0 Å². The molecule has 0 bridgehead atoms. The Bertz CT molecular complexity index is 4140. The lowest BCUT2D eigenvalue weighted by Gasteiger charge is -2.30. The van der Waals surface area contributed by atoms with Crippen LogP contribution in [0.5, 0.6) is 0 Å². The van der Waals surface area contributed by atoms with E-state index in [0.717, 1.165) is 171 Å². The van der Waals surface area contributed by atoms with Crippen molar-refractivity contribution < 1.29 is 9.59 Å². The Kier molecular flexibility index (Phi) is 18.9. The largest absolute Gasteiger partial charge is 0.311 e. The molecule has 0 fully saturated rings. The summed E-state index contributed by atoms with van der Waals surface area (Å²) in [6.45, 7) is 8.68. The lowest BCUT2D eigenvalue weighted by molar-refractivity contribution is -0.133. The minimum absolute atomic E-state index is 0.0171. The van der Waals surface area contributed by atoms with E-state index < -0.39 is 5.41 Å². The zero-order valence-corrected chi connectivity index (χ0v) is 52.6. The van der Waals surface area contributed by atoms with Crippen molar-refractivity contribution in [2.75, 3.05) is 14.7 Å². The molecule has 1 aliphatic carbocycles. The molecule has 11 aromatic rings. The Hall–Kier alpha value is -9.84. The monoisotopic (exact) mass is 1180 g/mol. The maximum atomic E-state index is 15.8. The van der Waals surface area contributed by atoms with Gasteiger partial charge >= 0.3 is 0 Å². The van der Waals surface area contributed by atoms with Crippen LogP contribution in [0.1, 0.15) is 113 Å². The average Bonchev–Trinajstić information content (AvgIpc) is 1.54.